The summed E-state index contributed by atoms with van der Waals surface area (Å²) < 4.78 is 11.0. The Morgan fingerprint density at radius 2 is 1.81 bits per heavy atom. The number of nitrogens with zero attached hydrogens (tertiary/aromatic N) is 4. The van der Waals surface area contributed by atoms with Crippen molar-refractivity contribution in [1.29, 1.82) is 0 Å². The lowest BCUT2D eigenvalue weighted by molar-refractivity contribution is -0.385. The zero-order valence-electron chi connectivity index (χ0n) is 18.5. The average molecular weight is 508 g/mol. The molecule has 1 aliphatic rings. The van der Waals surface area contributed by atoms with E-state index in [1.807, 2.05) is 0 Å². The number of methoxy groups -OCH3 is 1. The molecule has 2 heterocycles. The van der Waals surface area contributed by atoms with Gasteiger partial charge in [0.15, 0.2) is 11.5 Å². The Balaban J connectivity index is 1.53. The Bertz CT molecular complexity index is 1410. The fourth-order valence-corrected chi connectivity index (χ4v) is 4.13. The van der Waals surface area contributed by atoms with Crippen molar-refractivity contribution >= 4 is 40.4 Å². The number of ether oxygens (including phenoxy) is 2. The van der Waals surface area contributed by atoms with Crippen LogP contribution in [0.4, 0.5) is 16.2 Å². The smallest absolute Gasteiger partial charge is 0.293 e. The third kappa shape index (κ3) is 5.15. The third-order valence-electron chi connectivity index (χ3n) is 5.02. The number of aromatic nitrogens is 1. The molecular weight excluding hydrogens is 492 g/mol. The van der Waals surface area contributed by atoms with Crippen LogP contribution in [0.25, 0.3) is 6.08 Å². The van der Waals surface area contributed by atoms with E-state index >= 15 is 0 Å². The molecule has 1 saturated heterocycles. The van der Waals surface area contributed by atoms with Crippen molar-refractivity contribution in [3.05, 3.63) is 97.1 Å². The average Bonchev–Trinajstić information content (AvgIpc) is 3.12. The lowest BCUT2D eigenvalue weighted by Gasteiger charge is -2.12. The standard InChI is InChI=1S/C23H16N4O8S/c1-34-19-10-14(6-8-18(19)35-21-9-7-16(12-24-21)26(30)31)11-20-22(28)25(23(29)36-20)13-15-4-2-3-5-17(15)27(32)33/h2-12H,13H2,1H3/b20-11+. The van der Waals surface area contributed by atoms with Crippen LogP contribution in [-0.2, 0) is 11.3 Å². The number of benzene rings is 2. The fraction of sp³-hybridized carbons (Fsp3) is 0.0870. The Kier molecular flexibility index (Phi) is 6.92. The number of thioether (sulfide) groups is 1. The summed E-state index contributed by atoms with van der Waals surface area (Å²) in [6.07, 6.45) is 2.57. The second kappa shape index (κ2) is 10.2. The van der Waals surface area contributed by atoms with Crippen LogP contribution in [0.15, 0.2) is 65.7 Å². The molecule has 2 aromatic carbocycles. The minimum absolute atomic E-state index is 0.114. The van der Waals surface area contributed by atoms with E-state index in [-0.39, 0.29) is 40.0 Å². The van der Waals surface area contributed by atoms with E-state index in [1.54, 1.807) is 24.3 Å². The van der Waals surface area contributed by atoms with Gasteiger partial charge in [-0.05, 0) is 35.5 Å². The Morgan fingerprint density at radius 1 is 1.03 bits per heavy atom. The van der Waals surface area contributed by atoms with Crippen LogP contribution in [0.5, 0.6) is 17.4 Å². The first-order valence-electron chi connectivity index (χ1n) is 10.2. The second-order valence-corrected chi connectivity index (χ2v) is 8.27. The van der Waals surface area contributed by atoms with Crippen LogP contribution in [0.1, 0.15) is 11.1 Å². The largest absolute Gasteiger partial charge is 0.493 e. The number of imide groups is 1. The van der Waals surface area contributed by atoms with Gasteiger partial charge >= 0.3 is 0 Å². The zero-order valence-corrected chi connectivity index (χ0v) is 19.3. The van der Waals surface area contributed by atoms with Gasteiger partial charge in [0.25, 0.3) is 22.5 Å². The van der Waals surface area contributed by atoms with Crippen LogP contribution in [-0.4, -0.2) is 38.0 Å². The van der Waals surface area contributed by atoms with Crippen LogP contribution >= 0.6 is 11.8 Å². The van der Waals surface area contributed by atoms with Gasteiger partial charge < -0.3 is 9.47 Å². The van der Waals surface area contributed by atoms with Crippen LogP contribution in [0, 0.1) is 20.2 Å². The Hall–Kier alpha value is -4.78. The predicted molar refractivity (Wildman–Crippen MR) is 129 cm³/mol. The van der Waals surface area contributed by atoms with Gasteiger partial charge in [-0.15, -0.1) is 0 Å². The van der Waals surface area contributed by atoms with Gasteiger partial charge in [-0.1, -0.05) is 24.3 Å². The van der Waals surface area contributed by atoms with Gasteiger partial charge in [0.1, 0.15) is 6.20 Å². The van der Waals surface area contributed by atoms with Crippen molar-refractivity contribution < 1.29 is 28.9 Å². The van der Waals surface area contributed by atoms with Crippen LogP contribution in [0.2, 0.25) is 0 Å². The number of hydrogen-bond donors (Lipinski definition) is 0. The minimum Gasteiger partial charge on any atom is -0.493 e. The van der Waals surface area contributed by atoms with E-state index in [9.17, 15) is 29.8 Å². The summed E-state index contributed by atoms with van der Waals surface area (Å²) in [5.74, 6) is 0.115. The monoisotopic (exact) mass is 508 g/mol. The molecule has 1 fully saturated rings. The molecule has 12 nitrogen and oxygen atoms in total. The van der Waals surface area contributed by atoms with Crippen LogP contribution in [0.3, 0.4) is 0 Å². The maximum Gasteiger partial charge on any atom is 0.293 e. The molecule has 1 aliphatic heterocycles. The lowest BCUT2D eigenvalue weighted by Crippen LogP contribution is -2.27. The molecule has 0 aliphatic carbocycles. The predicted octanol–water partition coefficient (Wildman–Crippen LogP) is 4.94. The first-order valence-corrected chi connectivity index (χ1v) is 11.0. The summed E-state index contributed by atoms with van der Waals surface area (Å²) >= 11 is 0.726. The molecule has 0 radical (unpaired) electrons. The first-order chi connectivity index (χ1) is 17.3. The van der Waals surface area contributed by atoms with E-state index in [4.69, 9.17) is 9.47 Å². The zero-order chi connectivity index (χ0) is 25.8. The van der Waals surface area contributed by atoms with Crippen molar-refractivity contribution in [3.8, 4) is 17.4 Å². The maximum absolute atomic E-state index is 12.9. The highest BCUT2D eigenvalue weighted by Crippen LogP contribution is 2.37. The molecule has 4 rings (SSSR count). The lowest BCUT2D eigenvalue weighted by atomic mass is 10.1. The summed E-state index contributed by atoms with van der Waals surface area (Å²) in [6.45, 7) is -0.225. The molecule has 0 N–H and O–H groups in total. The summed E-state index contributed by atoms with van der Waals surface area (Å²) in [6, 6.07) is 13.3. The molecule has 0 spiro atoms. The Labute approximate surface area is 207 Å². The van der Waals surface area contributed by atoms with Gasteiger partial charge in [0.05, 0.1) is 28.4 Å². The highest BCUT2D eigenvalue weighted by Gasteiger charge is 2.36. The minimum atomic E-state index is -0.574. The number of pyridine rings is 1. The molecule has 1 aromatic heterocycles. The molecule has 0 bridgehead atoms. The SMILES string of the molecule is COc1cc(/C=C2/SC(=O)N(Cc3ccccc3[N+](=O)[O-])C2=O)ccc1Oc1ccc([N+](=O)[O-])cn1. The van der Waals surface area contributed by atoms with E-state index in [2.05, 4.69) is 4.98 Å². The summed E-state index contributed by atoms with van der Waals surface area (Å²) in [4.78, 5) is 51.2. The number of carbonyl (C=O) groups excluding carboxylic acids is 2. The highest BCUT2D eigenvalue weighted by atomic mass is 32.2. The number of carbonyl (C=O) groups is 2. The van der Waals surface area contributed by atoms with Gasteiger partial charge in [0, 0.05) is 23.8 Å². The molecule has 36 heavy (non-hydrogen) atoms. The number of para-hydroxylation sites is 1. The van der Waals surface area contributed by atoms with Crippen molar-refractivity contribution in [2.75, 3.05) is 7.11 Å². The highest BCUT2D eigenvalue weighted by molar-refractivity contribution is 8.18. The summed E-state index contributed by atoms with van der Waals surface area (Å²) in [5, 5.41) is 21.5. The van der Waals surface area contributed by atoms with Gasteiger partial charge in [-0.2, -0.15) is 0 Å². The van der Waals surface area contributed by atoms with Crippen molar-refractivity contribution in [2.24, 2.45) is 0 Å². The topological polar surface area (TPSA) is 155 Å². The molecule has 2 amide bonds. The van der Waals surface area contributed by atoms with Gasteiger partial charge in [0.2, 0.25) is 5.88 Å². The molecule has 0 saturated carbocycles. The van der Waals surface area contributed by atoms with Crippen molar-refractivity contribution in [2.45, 2.75) is 6.54 Å². The summed E-state index contributed by atoms with van der Waals surface area (Å²) in [5.41, 5.74) is 0.421. The Morgan fingerprint density at radius 3 is 2.47 bits per heavy atom. The number of nitro benzene ring substituents is 1. The molecule has 0 atom stereocenters. The number of rotatable bonds is 8. The molecule has 0 unspecified atom stereocenters. The van der Waals surface area contributed by atoms with Crippen molar-refractivity contribution in [3.63, 3.8) is 0 Å². The normalized spacial score (nSPS) is 14.2. The van der Waals surface area contributed by atoms with E-state index in [0.29, 0.717) is 11.3 Å². The maximum atomic E-state index is 12.9. The molecule has 13 heteroatoms. The number of nitro groups is 2. The molecule has 3 aromatic rings. The number of hydrogen-bond acceptors (Lipinski definition) is 10. The third-order valence-corrected chi connectivity index (χ3v) is 5.93. The van der Waals surface area contributed by atoms with E-state index in [0.717, 1.165) is 22.9 Å². The molecular formula is C23H16N4O8S. The molecule has 182 valence electrons. The van der Waals surface area contributed by atoms with E-state index < -0.39 is 21.0 Å². The quantitative estimate of drug-likeness (QED) is 0.232. The van der Waals surface area contributed by atoms with Gasteiger partial charge in [-0.3, -0.25) is 34.7 Å². The second-order valence-electron chi connectivity index (χ2n) is 7.28. The van der Waals surface area contributed by atoms with Crippen molar-refractivity contribution in [1.82, 2.24) is 9.88 Å². The van der Waals surface area contributed by atoms with Gasteiger partial charge in [-0.25, -0.2) is 4.98 Å². The van der Waals surface area contributed by atoms with Crippen LogP contribution < -0.4 is 9.47 Å². The number of amides is 2. The summed E-state index contributed by atoms with van der Waals surface area (Å²) in [7, 11) is 1.41. The fourth-order valence-electron chi connectivity index (χ4n) is 3.29. The first kappa shape index (κ1) is 24.3. The van der Waals surface area contributed by atoms with E-state index in [1.165, 1.54) is 43.5 Å².